The zero-order chi connectivity index (χ0) is 47.6. The Morgan fingerprint density at radius 1 is 0.358 bits per heavy atom. The molecule has 0 saturated heterocycles. The van der Waals surface area contributed by atoms with Gasteiger partial charge in [-0.25, -0.2) is 16.8 Å². The maximum absolute atomic E-state index is 11.4. The molecule has 2 atom stereocenters. The Morgan fingerprint density at radius 2 is 0.582 bits per heavy atom. The minimum Gasteiger partial charge on any atom is -0.744 e. The Labute approximate surface area is 440 Å². The number of fused-ring (bicyclic) bond motifs is 2. The van der Waals surface area contributed by atoms with E-state index in [9.17, 15) is 25.9 Å². The molecular formula is C54H94CaN4O6S2. The van der Waals surface area contributed by atoms with Crippen LogP contribution in [-0.4, -0.2) is 76.0 Å². The third-order valence-corrected chi connectivity index (χ3v) is 15.3. The van der Waals surface area contributed by atoms with Gasteiger partial charge in [0.2, 0.25) is 0 Å². The van der Waals surface area contributed by atoms with E-state index in [0.717, 1.165) is 25.7 Å². The summed E-state index contributed by atoms with van der Waals surface area (Å²) >= 11 is 0. The van der Waals surface area contributed by atoms with Crippen molar-refractivity contribution in [1.29, 1.82) is 0 Å². The van der Waals surface area contributed by atoms with Crippen molar-refractivity contribution in [3.63, 3.8) is 0 Å². The van der Waals surface area contributed by atoms with E-state index in [4.69, 9.17) is 0 Å². The molecule has 0 amide bonds. The molecule has 4 rings (SSSR count). The van der Waals surface area contributed by atoms with Gasteiger partial charge in [0, 0.05) is 0 Å². The zero-order valence-electron chi connectivity index (χ0n) is 42.5. The first kappa shape index (κ1) is 61.8. The van der Waals surface area contributed by atoms with Crippen LogP contribution >= 0.6 is 0 Å². The van der Waals surface area contributed by atoms with Crippen LogP contribution in [0.15, 0.2) is 46.2 Å². The average Bonchev–Trinajstić information content (AvgIpc) is 3.91. The number of rotatable bonds is 40. The third kappa shape index (κ3) is 28.4. The molecule has 0 aromatic heterocycles. The molecule has 0 spiro atoms. The smallest absolute Gasteiger partial charge is 0.744 e. The first-order valence-electron chi connectivity index (χ1n) is 27.3. The molecule has 2 aromatic carbocycles. The van der Waals surface area contributed by atoms with Crippen molar-refractivity contribution in [2.24, 2.45) is 0 Å². The molecule has 0 fully saturated rings. The number of hydrogen-bond acceptors (Lipinski definition) is 10. The van der Waals surface area contributed by atoms with Gasteiger partial charge in [-0.3, -0.25) is 0 Å². The molecule has 10 nitrogen and oxygen atoms in total. The molecule has 0 bridgehead atoms. The van der Waals surface area contributed by atoms with E-state index in [1.54, 1.807) is 12.1 Å². The summed E-state index contributed by atoms with van der Waals surface area (Å²) in [7, 11) is -8.92. The van der Waals surface area contributed by atoms with Gasteiger partial charge in [-0.15, -0.1) is 0 Å². The van der Waals surface area contributed by atoms with Crippen LogP contribution in [0.25, 0.3) is 0 Å². The number of benzene rings is 2. The quantitative estimate of drug-likeness (QED) is 0.0287. The summed E-state index contributed by atoms with van der Waals surface area (Å²) in [6.45, 7) is 4.56. The fourth-order valence-corrected chi connectivity index (χ4v) is 10.9. The second-order valence-corrected chi connectivity index (χ2v) is 22.2. The first-order chi connectivity index (χ1) is 32.0. The summed E-state index contributed by atoms with van der Waals surface area (Å²) in [6, 6.07) is 9.58. The first-order valence-corrected chi connectivity index (χ1v) is 30.1. The number of anilines is 4. The zero-order valence-corrected chi connectivity index (χ0v) is 46.3. The van der Waals surface area contributed by atoms with Gasteiger partial charge < -0.3 is 30.4 Å². The van der Waals surface area contributed by atoms with Crippen molar-refractivity contribution in [2.45, 2.75) is 280 Å². The SMILES string of the molecule is CCCCCCCCCCCCCCCCCCCCC1Nc2cccc(S(=O)(=O)[O-])c2N1.CCCCCCCCCCCCCCCCCCCCC1Nc2cccc(S(=O)(=O)[O-])c2N1.[Ca+2]. The normalized spacial score (nSPS) is 15.0. The maximum atomic E-state index is 11.4. The van der Waals surface area contributed by atoms with Gasteiger partial charge in [-0.1, -0.05) is 244 Å². The minimum absolute atomic E-state index is 0. The van der Waals surface area contributed by atoms with E-state index in [1.807, 2.05) is 12.1 Å². The van der Waals surface area contributed by atoms with Crippen molar-refractivity contribution in [3.05, 3.63) is 36.4 Å². The van der Waals surface area contributed by atoms with Gasteiger partial charge in [0.25, 0.3) is 0 Å². The summed E-state index contributed by atoms with van der Waals surface area (Å²) in [5.74, 6) is 0. The van der Waals surface area contributed by atoms with E-state index < -0.39 is 20.2 Å². The number of unbranched alkanes of at least 4 members (excludes halogenated alkanes) is 34. The number of nitrogens with one attached hydrogen (secondary N) is 4. The topological polar surface area (TPSA) is 163 Å². The summed E-state index contributed by atoms with van der Waals surface area (Å²) in [5.41, 5.74) is 2.28. The third-order valence-electron chi connectivity index (χ3n) is 13.6. The van der Waals surface area contributed by atoms with Gasteiger partial charge in [-0.2, -0.15) is 0 Å². The molecule has 2 aliphatic rings. The molecule has 0 aliphatic carbocycles. The maximum Gasteiger partial charge on any atom is 2.00 e. The molecule has 13 heteroatoms. The predicted molar refractivity (Wildman–Crippen MR) is 283 cm³/mol. The number of para-hydroxylation sites is 2. The van der Waals surface area contributed by atoms with Crippen LogP contribution in [-0.2, 0) is 20.2 Å². The van der Waals surface area contributed by atoms with E-state index in [1.165, 1.54) is 230 Å². The van der Waals surface area contributed by atoms with Gasteiger partial charge in [-0.05, 0) is 49.9 Å². The Hall–Kier alpha value is -1.28. The van der Waals surface area contributed by atoms with Crippen LogP contribution in [0.2, 0.25) is 0 Å². The van der Waals surface area contributed by atoms with Crippen molar-refractivity contribution in [2.75, 3.05) is 21.3 Å². The molecule has 2 heterocycles. The van der Waals surface area contributed by atoms with Gasteiger partial charge in [0.05, 0.1) is 44.9 Å². The average molecular weight is 1000 g/mol. The van der Waals surface area contributed by atoms with Gasteiger partial charge >= 0.3 is 37.7 Å². The molecule has 380 valence electrons. The number of hydrogen-bond donors (Lipinski definition) is 4. The van der Waals surface area contributed by atoms with E-state index in [0.29, 0.717) is 22.7 Å². The van der Waals surface area contributed by atoms with Crippen LogP contribution in [0.5, 0.6) is 0 Å². The fraction of sp³-hybridized carbons (Fsp3) is 0.778. The molecule has 0 radical (unpaired) electrons. The standard InChI is InChI=1S/2C27H48N2O3S.Ca/c2*1-2-3-4-5-6-7-8-9-10-11-12-13-14-15-16-17-18-19-23-26-28-24-21-20-22-25(27(24)29-26)33(30,31)32;/h2*20-22,26,28-29H,2-19,23H2,1H3,(H,30,31,32);/q;;+2/p-2. The van der Waals surface area contributed by atoms with Crippen molar-refractivity contribution in [1.82, 2.24) is 0 Å². The molecule has 67 heavy (non-hydrogen) atoms. The van der Waals surface area contributed by atoms with Gasteiger partial charge in [0.1, 0.15) is 20.2 Å². The summed E-state index contributed by atoms with van der Waals surface area (Å²) in [6.07, 6.45) is 50.9. The Kier molecular flexibility index (Phi) is 35.4. The Balaban J connectivity index is 0.000000453. The van der Waals surface area contributed by atoms with Crippen molar-refractivity contribution >= 4 is 80.7 Å². The predicted octanol–water partition coefficient (Wildman–Crippen LogP) is 16.0. The molecule has 2 aliphatic heterocycles. The molecule has 4 N–H and O–H groups in total. The van der Waals surface area contributed by atoms with Crippen LogP contribution in [0.3, 0.4) is 0 Å². The van der Waals surface area contributed by atoms with Gasteiger partial charge in [0.15, 0.2) is 0 Å². The van der Waals surface area contributed by atoms with Crippen molar-refractivity contribution in [3.8, 4) is 0 Å². The van der Waals surface area contributed by atoms with Crippen LogP contribution in [0.1, 0.15) is 258 Å². The minimum atomic E-state index is -4.46. The second kappa shape index (κ2) is 38.4. The summed E-state index contributed by atoms with van der Waals surface area (Å²) < 4.78 is 68.5. The van der Waals surface area contributed by atoms with Crippen LogP contribution < -0.4 is 21.3 Å². The molecular weight excluding hydrogens is 905 g/mol. The second-order valence-electron chi connectivity index (χ2n) is 19.5. The summed E-state index contributed by atoms with van der Waals surface area (Å²) in [5, 5.41) is 12.9. The summed E-state index contributed by atoms with van der Waals surface area (Å²) in [4.78, 5) is -0.319. The largest absolute Gasteiger partial charge is 2.00 e. The van der Waals surface area contributed by atoms with Crippen molar-refractivity contribution < 1.29 is 25.9 Å². The van der Waals surface area contributed by atoms with E-state index in [-0.39, 0.29) is 59.9 Å². The van der Waals surface area contributed by atoms with Crippen LogP contribution in [0.4, 0.5) is 22.7 Å². The molecule has 2 aromatic rings. The van der Waals surface area contributed by atoms with Crippen LogP contribution in [0, 0.1) is 0 Å². The monoisotopic (exact) mass is 999 g/mol. The van der Waals surface area contributed by atoms with E-state index >= 15 is 0 Å². The van der Waals surface area contributed by atoms with E-state index in [2.05, 4.69) is 35.1 Å². The Bertz CT molecular complexity index is 1640. The fourth-order valence-electron chi connectivity index (χ4n) is 9.60. The Morgan fingerprint density at radius 3 is 0.806 bits per heavy atom. The molecule has 2 unspecified atom stereocenters. The molecule has 0 saturated carbocycles.